The fourth-order valence-electron chi connectivity index (χ4n) is 2.41. The Kier molecular flexibility index (Phi) is 4.61. The summed E-state index contributed by atoms with van der Waals surface area (Å²) < 4.78 is 27.7. The van der Waals surface area contributed by atoms with E-state index in [0.717, 1.165) is 5.56 Å². The van der Waals surface area contributed by atoms with Crippen molar-refractivity contribution in [3.63, 3.8) is 0 Å². The van der Waals surface area contributed by atoms with Crippen LogP contribution in [0.4, 0.5) is 0 Å². The number of hydrogen-bond donors (Lipinski definition) is 2. The molecule has 0 saturated carbocycles. The molecular weight excluding hydrogens is 288 g/mol. The standard InChI is InChI=1S/C15H20N2O3S/c1-10-6-7-14(13-5-4-8-16-15(10)13)21(19,20)17-11(2)9-12(3)18/h4-8,11-12,17-18H,9H2,1-3H3. The summed E-state index contributed by atoms with van der Waals surface area (Å²) in [5.41, 5.74) is 1.62. The molecule has 0 saturated heterocycles. The van der Waals surface area contributed by atoms with Crippen molar-refractivity contribution in [2.24, 2.45) is 0 Å². The Bertz CT molecular complexity index is 742. The van der Waals surface area contributed by atoms with E-state index in [9.17, 15) is 13.5 Å². The van der Waals surface area contributed by atoms with E-state index in [4.69, 9.17) is 0 Å². The summed E-state index contributed by atoms with van der Waals surface area (Å²) in [6, 6.07) is 6.48. The van der Waals surface area contributed by atoms with Crippen molar-refractivity contribution in [2.75, 3.05) is 0 Å². The maximum absolute atomic E-state index is 12.5. The van der Waals surface area contributed by atoms with Crippen LogP contribution in [0.2, 0.25) is 0 Å². The Morgan fingerprint density at radius 1 is 1.29 bits per heavy atom. The quantitative estimate of drug-likeness (QED) is 0.885. The van der Waals surface area contributed by atoms with Crippen LogP contribution in [0, 0.1) is 6.92 Å². The van der Waals surface area contributed by atoms with Gasteiger partial charge >= 0.3 is 0 Å². The maximum atomic E-state index is 12.5. The van der Waals surface area contributed by atoms with Gasteiger partial charge in [-0.25, -0.2) is 13.1 Å². The van der Waals surface area contributed by atoms with E-state index in [2.05, 4.69) is 9.71 Å². The van der Waals surface area contributed by atoms with E-state index in [1.54, 1.807) is 44.3 Å². The van der Waals surface area contributed by atoms with E-state index in [-0.39, 0.29) is 10.9 Å². The van der Waals surface area contributed by atoms with E-state index >= 15 is 0 Å². The lowest BCUT2D eigenvalue weighted by molar-refractivity contribution is 0.175. The van der Waals surface area contributed by atoms with Gasteiger partial charge in [0.1, 0.15) is 0 Å². The predicted octanol–water partition coefficient (Wildman–Crippen LogP) is 1.98. The van der Waals surface area contributed by atoms with Crippen LogP contribution in [0.3, 0.4) is 0 Å². The highest BCUT2D eigenvalue weighted by Gasteiger charge is 2.21. The summed E-state index contributed by atoms with van der Waals surface area (Å²) in [4.78, 5) is 4.47. The number of aryl methyl sites for hydroxylation is 1. The third-order valence-corrected chi connectivity index (χ3v) is 4.92. The lowest BCUT2D eigenvalue weighted by atomic mass is 10.1. The van der Waals surface area contributed by atoms with Crippen LogP contribution in [0.15, 0.2) is 35.4 Å². The molecule has 1 aromatic heterocycles. The molecule has 2 rings (SSSR count). The number of hydrogen-bond acceptors (Lipinski definition) is 4. The minimum atomic E-state index is -3.65. The highest BCUT2D eigenvalue weighted by molar-refractivity contribution is 7.89. The van der Waals surface area contributed by atoms with Crippen molar-refractivity contribution in [1.82, 2.24) is 9.71 Å². The third-order valence-electron chi connectivity index (χ3n) is 3.27. The number of rotatable bonds is 5. The van der Waals surface area contributed by atoms with Gasteiger partial charge in [0.05, 0.1) is 16.5 Å². The van der Waals surface area contributed by atoms with Crippen molar-refractivity contribution >= 4 is 20.9 Å². The Morgan fingerprint density at radius 2 is 2.00 bits per heavy atom. The molecule has 5 nitrogen and oxygen atoms in total. The van der Waals surface area contributed by atoms with Gasteiger partial charge in [-0.15, -0.1) is 0 Å². The van der Waals surface area contributed by atoms with Gasteiger partial charge in [0.2, 0.25) is 10.0 Å². The van der Waals surface area contributed by atoms with Crippen LogP contribution in [0.25, 0.3) is 10.9 Å². The molecular formula is C15H20N2O3S. The van der Waals surface area contributed by atoms with Gasteiger partial charge in [0, 0.05) is 17.6 Å². The van der Waals surface area contributed by atoms with Crippen molar-refractivity contribution in [3.8, 4) is 0 Å². The second-order valence-corrected chi connectivity index (χ2v) is 7.07. The topological polar surface area (TPSA) is 79.3 Å². The molecule has 1 heterocycles. The number of aliphatic hydroxyl groups is 1. The second kappa shape index (κ2) is 6.09. The van der Waals surface area contributed by atoms with Crippen molar-refractivity contribution in [3.05, 3.63) is 36.0 Å². The summed E-state index contributed by atoms with van der Waals surface area (Å²) in [6.45, 7) is 5.27. The number of benzene rings is 1. The molecule has 2 N–H and O–H groups in total. The summed E-state index contributed by atoms with van der Waals surface area (Å²) in [7, 11) is -3.65. The summed E-state index contributed by atoms with van der Waals surface area (Å²) >= 11 is 0. The van der Waals surface area contributed by atoms with Gasteiger partial charge in [-0.3, -0.25) is 4.98 Å². The first-order valence-electron chi connectivity index (χ1n) is 6.86. The normalized spacial score (nSPS) is 15.0. The smallest absolute Gasteiger partial charge is 0.241 e. The summed E-state index contributed by atoms with van der Waals surface area (Å²) in [6.07, 6.45) is 1.45. The van der Waals surface area contributed by atoms with Crippen LogP contribution in [0.5, 0.6) is 0 Å². The number of nitrogens with zero attached hydrogens (tertiary/aromatic N) is 1. The van der Waals surface area contributed by atoms with Gasteiger partial charge in [-0.05, 0) is 51.0 Å². The van der Waals surface area contributed by atoms with Crippen molar-refractivity contribution in [1.29, 1.82) is 0 Å². The highest BCUT2D eigenvalue weighted by Crippen LogP contribution is 2.24. The second-order valence-electron chi connectivity index (χ2n) is 5.39. The van der Waals surface area contributed by atoms with Crippen LogP contribution in [-0.2, 0) is 10.0 Å². The largest absolute Gasteiger partial charge is 0.393 e. The average molecular weight is 308 g/mol. The zero-order valence-corrected chi connectivity index (χ0v) is 13.2. The predicted molar refractivity (Wildman–Crippen MR) is 82.6 cm³/mol. The molecule has 6 heteroatoms. The SMILES string of the molecule is Cc1ccc(S(=O)(=O)NC(C)CC(C)O)c2cccnc12. The lowest BCUT2D eigenvalue weighted by Gasteiger charge is -2.16. The fraction of sp³-hybridized carbons (Fsp3) is 0.400. The van der Waals surface area contributed by atoms with E-state index in [1.165, 1.54) is 0 Å². The number of nitrogens with one attached hydrogen (secondary N) is 1. The molecule has 0 bridgehead atoms. The zero-order chi connectivity index (χ0) is 15.6. The van der Waals surface area contributed by atoms with Crippen LogP contribution in [-0.4, -0.2) is 30.7 Å². The van der Waals surface area contributed by atoms with Gasteiger partial charge in [-0.1, -0.05) is 6.07 Å². The molecule has 0 spiro atoms. The number of fused-ring (bicyclic) bond motifs is 1. The van der Waals surface area contributed by atoms with Crippen molar-refractivity contribution < 1.29 is 13.5 Å². The molecule has 2 unspecified atom stereocenters. The van der Waals surface area contributed by atoms with Crippen LogP contribution < -0.4 is 4.72 Å². The maximum Gasteiger partial charge on any atom is 0.241 e. The van der Waals surface area contributed by atoms with Crippen LogP contribution >= 0.6 is 0 Å². The molecule has 21 heavy (non-hydrogen) atoms. The fourth-order valence-corrected chi connectivity index (χ4v) is 3.86. The molecule has 0 amide bonds. The van der Waals surface area contributed by atoms with Crippen LogP contribution in [0.1, 0.15) is 25.8 Å². The molecule has 114 valence electrons. The van der Waals surface area contributed by atoms with Gasteiger partial charge in [0.25, 0.3) is 0 Å². The summed E-state index contributed by atoms with van der Waals surface area (Å²) in [5.74, 6) is 0. The first kappa shape index (κ1) is 15.9. The number of aliphatic hydroxyl groups excluding tert-OH is 1. The Balaban J connectivity index is 2.44. The number of aromatic nitrogens is 1. The molecule has 0 aliphatic rings. The number of sulfonamides is 1. The number of pyridine rings is 1. The minimum absolute atomic E-state index is 0.216. The van der Waals surface area contributed by atoms with E-state index in [1.807, 2.05) is 6.92 Å². The monoisotopic (exact) mass is 308 g/mol. The molecule has 0 fully saturated rings. The lowest BCUT2D eigenvalue weighted by Crippen LogP contribution is -2.34. The van der Waals surface area contributed by atoms with Gasteiger partial charge in [0.15, 0.2) is 0 Å². The molecule has 0 radical (unpaired) electrons. The van der Waals surface area contributed by atoms with Crippen molar-refractivity contribution in [2.45, 2.75) is 44.2 Å². The van der Waals surface area contributed by atoms with Gasteiger partial charge < -0.3 is 5.11 Å². The minimum Gasteiger partial charge on any atom is -0.393 e. The summed E-state index contributed by atoms with van der Waals surface area (Å²) in [5, 5.41) is 9.96. The average Bonchev–Trinajstić information content (AvgIpc) is 2.37. The molecule has 0 aliphatic carbocycles. The third kappa shape index (κ3) is 3.58. The first-order valence-corrected chi connectivity index (χ1v) is 8.34. The molecule has 0 aliphatic heterocycles. The Morgan fingerprint density at radius 3 is 2.67 bits per heavy atom. The van der Waals surface area contributed by atoms with E-state index < -0.39 is 16.1 Å². The van der Waals surface area contributed by atoms with E-state index in [0.29, 0.717) is 17.3 Å². The first-order chi connectivity index (χ1) is 9.81. The zero-order valence-electron chi connectivity index (χ0n) is 12.4. The molecule has 2 atom stereocenters. The highest BCUT2D eigenvalue weighted by atomic mass is 32.2. The van der Waals surface area contributed by atoms with Gasteiger partial charge in [-0.2, -0.15) is 0 Å². The Hall–Kier alpha value is -1.50. The Labute approximate surface area is 125 Å². The molecule has 2 aromatic rings. The molecule has 1 aromatic carbocycles.